The van der Waals surface area contributed by atoms with Crippen molar-refractivity contribution in [2.24, 2.45) is 0 Å². The van der Waals surface area contributed by atoms with E-state index >= 15 is 0 Å². The smallest absolute Gasteiger partial charge is 0.320 e. The van der Waals surface area contributed by atoms with Crippen LogP contribution in [-0.2, 0) is 4.79 Å². The van der Waals surface area contributed by atoms with Crippen molar-refractivity contribution in [2.75, 3.05) is 27.7 Å². The second-order valence-corrected chi connectivity index (χ2v) is 5.53. The van der Waals surface area contributed by atoms with Crippen LogP contribution in [0.3, 0.4) is 0 Å². The van der Waals surface area contributed by atoms with Gasteiger partial charge in [-0.25, -0.2) is 0 Å². The lowest BCUT2D eigenvalue weighted by Gasteiger charge is -2.50. The average Bonchev–Trinajstić information content (AvgIpc) is 2.18. The number of carbonyl (C=O) groups is 1. The zero-order valence-corrected chi connectivity index (χ0v) is 11.6. The highest BCUT2D eigenvalue weighted by atomic mass is 16.4. The predicted molar refractivity (Wildman–Crippen MR) is 69.2 cm³/mol. The Balaban J connectivity index is 2.62. The Morgan fingerprint density at radius 2 is 1.94 bits per heavy atom. The van der Waals surface area contributed by atoms with Crippen molar-refractivity contribution in [1.29, 1.82) is 0 Å². The number of rotatable bonds is 7. The van der Waals surface area contributed by atoms with E-state index in [-0.39, 0.29) is 11.6 Å². The van der Waals surface area contributed by atoms with Crippen molar-refractivity contribution in [3.63, 3.8) is 0 Å². The maximum atomic E-state index is 11.2. The van der Waals surface area contributed by atoms with Crippen LogP contribution in [0.4, 0.5) is 0 Å². The van der Waals surface area contributed by atoms with Crippen LogP contribution in [0.5, 0.6) is 0 Å². The molecule has 100 valence electrons. The predicted octanol–water partition coefficient (Wildman–Crippen LogP) is 1.66. The van der Waals surface area contributed by atoms with Gasteiger partial charge in [-0.05, 0) is 46.8 Å². The van der Waals surface area contributed by atoms with Crippen LogP contribution in [0.15, 0.2) is 0 Å². The zero-order chi connectivity index (χ0) is 13.1. The highest BCUT2D eigenvalue weighted by Crippen LogP contribution is 2.37. The third-order valence-corrected chi connectivity index (χ3v) is 4.16. The van der Waals surface area contributed by atoms with Gasteiger partial charge in [-0.2, -0.15) is 0 Å². The van der Waals surface area contributed by atoms with Gasteiger partial charge in [0.25, 0.3) is 0 Å². The van der Waals surface area contributed by atoms with E-state index < -0.39 is 5.97 Å². The first-order valence-electron chi connectivity index (χ1n) is 6.53. The Morgan fingerprint density at radius 3 is 2.24 bits per heavy atom. The largest absolute Gasteiger partial charge is 0.480 e. The van der Waals surface area contributed by atoms with E-state index in [2.05, 4.69) is 19.0 Å². The molecule has 0 radical (unpaired) electrons. The molecule has 0 spiro atoms. The molecule has 1 atom stereocenters. The molecule has 1 unspecified atom stereocenters. The van der Waals surface area contributed by atoms with Crippen LogP contribution >= 0.6 is 0 Å². The number of hydrogen-bond acceptors (Lipinski definition) is 3. The van der Waals surface area contributed by atoms with Gasteiger partial charge in [0.1, 0.15) is 6.04 Å². The summed E-state index contributed by atoms with van der Waals surface area (Å²) in [5.74, 6) is -0.692. The Bertz CT molecular complexity index is 262. The van der Waals surface area contributed by atoms with Gasteiger partial charge >= 0.3 is 5.97 Å². The summed E-state index contributed by atoms with van der Waals surface area (Å²) in [5, 5.41) is 9.25. The number of nitrogens with zero attached hydrogens (tertiary/aromatic N) is 2. The number of hydrogen-bond donors (Lipinski definition) is 1. The Labute approximate surface area is 105 Å². The van der Waals surface area contributed by atoms with Crippen LogP contribution in [0.25, 0.3) is 0 Å². The monoisotopic (exact) mass is 242 g/mol. The van der Waals surface area contributed by atoms with Crippen molar-refractivity contribution in [3.05, 3.63) is 0 Å². The second-order valence-electron chi connectivity index (χ2n) is 5.53. The Hall–Kier alpha value is -0.610. The fourth-order valence-corrected chi connectivity index (χ4v) is 2.71. The van der Waals surface area contributed by atoms with Crippen LogP contribution in [0.2, 0.25) is 0 Å². The number of likely N-dealkylation sites (N-methyl/N-ethyl adjacent to an activating group) is 2. The molecule has 1 rings (SSSR count). The lowest BCUT2D eigenvalue weighted by Crippen LogP contribution is -2.58. The second kappa shape index (κ2) is 5.83. The highest BCUT2D eigenvalue weighted by molar-refractivity contribution is 5.73. The number of carboxylic acid groups (broad SMARTS) is 1. The van der Waals surface area contributed by atoms with Crippen molar-refractivity contribution in [1.82, 2.24) is 9.80 Å². The summed E-state index contributed by atoms with van der Waals surface area (Å²) in [4.78, 5) is 15.5. The van der Waals surface area contributed by atoms with E-state index in [9.17, 15) is 9.90 Å². The van der Waals surface area contributed by atoms with E-state index in [0.29, 0.717) is 0 Å². The summed E-state index contributed by atoms with van der Waals surface area (Å²) in [6, 6.07) is -0.336. The molecule has 0 aromatic carbocycles. The molecule has 1 saturated carbocycles. The quantitative estimate of drug-likeness (QED) is 0.737. The standard InChI is InChI=1S/C13H26N2O2/c1-5-7-11(12(16)17)15(4)10-13(14(2)3)8-6-9-13/h11H,5-10H2,1-4H3,(H,16,17). The third kappa shape index (κ3) is 3.19. The summed E-state index contributed by atoms with van der Waals surface area (Å²) in [6.45, 7) is 2.89. The molecule has 4 heteroatoms. The molecule has 0 heterocycles. The molecule has 1 aliphatic rings. The van der Waals surface area contributed by atoms with Crippen LogP contribution < -0.4 is 0 Å². The molecule has 1 aliphatic carbocycles. The fraction of sp³-hybridized carbons (Fsp3) is 0.923. The molecule has 1 fully saturated rings. The summed E-state index contributed by atoms with van der Waals surface area (Å²) < 4.78 is 0. The summed E-state index contributed by atoms with van der Waals surface area (Å²) >= 11 is 0. The molecule has 1 N–H and O–H groups in total. The number of carboxylic acids is 1. The first kappa shape index (κ1) is 14.5. The zero-order valence-electron chi connectivity index (χ0n) is 11.6. The SMILES string of the molecule is CCCC(C(=O)O)N(C)CC1(N(C)C)CCC1. The van der Waals surface area contributed by atoms with Crippen LogP contribution in [0.1, 0.15) is 39.0 Å². The maximum absolute atomic E-state index is 11.2. The van der Waals surface area contributed by atoms with Crippen LogP contribution in [-0.4, -0.2) is 60.1 Å². The number of aliphatic carboxylic acids is 1. The van der Waals surface area contributed by atoms with E-state index in [1.165, 1.54) is 19.3 Å². The van der Waals surface area contributed by atoms with Crippen molar-refractivity contribution < 1.29 is 9.90 Å². The normalized spacial score (nSPS) is 20.4. The van der Waals surface area contributed by atoms with Crippen molar-refractivity contribution >= 4 is 5.97 Å². The summed E-state index contributed by atoms with van der Waals surface area (Å²) in [5.41, 5.74) is 0.205. The Kier molecular flexibility index (Phi) is 4.95. The maximum Gasteiger partial charge on any atom is 0.320 e. The van der Waals surface area contributed by atoms with Gasteiger partial charge in [0.05, 0.1) is 0 Å². The molecule has 0 amide bonds. The van der Waals surface area contributed by atoms with E-state index in [1.807, 2.05) is 18.9 Å². The van der Waals surface area contributed by atoms with Gasteiger partial charge in [-0.1, -0.05) is 13.3 Å². The fourth-order valence-electron chi connectivity index (χ4n) is 2.71. The molecule has 0 aliphatic heterocycles. The van der Waals surface area contributed by atoms with Crippen molar-refractivity contribution in [2.45, 2.75) is 50.6 Å². The molecule has 0 saturated heterocycles. The first-order chi connectivity index (χ1) is 7.93. The molecule has 17 heavy (non-hydrogen) atoms. The summed E-state index contributed by atoms with van der Waals surface area (Å²) in [7, 11) is 6.14. The average molecular weight is 242 g/mol. The minimum absolute atomic E-state index is 0.205. The van der Waals surface area contributed by atoms with Crippen molar-refractivity contribution in [3.8, 4) is 0 Å². The minimum atomic E-state index is -0.692. The van der Waals surface area contributed by atoms with E-state index in [1.54, 1.807) is 0 Å². The molecule has 0 bridgehead atoms. The molecule has 4 nitrogen and oxygen atoms in total. The van der Waals surface area contributed by atoms with E-state index in [0.717, 1.165) is 19.4 Å². The topological polar surface area (TPSA) is 43.8 Å². The summed E-state index contributed by atoms with van der Waals surface area (Å²) in [6.07, 6.45) is 5.27. The molecular weight excluding hydrogens is 216 g/mol. The lowest BCUT2D eigenvalue weighted by atomic mass is 9.75. The third-order valence-electron chi connectivity index (χ3n) is 4.16. The molecule has 0 aromatic heterocycles. The van der Waals surface area contributed by atoms with Gasteiger partial charge < -0.3 is 10.0 Å². The van der Waals surface area contributed by atoms with Gasteiger partial charge in [-0.3, -0.25) is 9.69 Å². The minimum Gasteiger partial charge on any atom is -0.480 e. The molecule has 0 aromatic rings. The van der Waals surface area contributed by atoms with Gasteiger partial charge in [0.2, 0.25) is 0 Å². The lowest BCUT2D eigenvalue weighted by molar-refractivity contribution is -0.144. The van der Waals surface area contributed by atoms with Gasteiger partial charge in [-0.15, -0.1) is 0 Å². The highest BCUT2D eigenvalue weighted by Gasteiger charge is 2.41. The van der Waals surface area contributed by atoms with Crippen LogP contribution in [0, 0.1) is 0 Å². The van der Waals surface area contributed by atoms with E-state index in [4.69, 9.17) is 0 Å². The first-order valence-corrected chi connectivity index (χ1v) is 6.53. The van der Waals surface area contributed by atoms with Gasteiger partial charge in [0.15, 0.2) is 0 Å². The van der Waals surface area contributed by atoms with Gasteiger partial charge in [0, 0.05) is 12.1 Å². The molecular formula is C13H26N2O2. The Morgan fingerprint density at radius 1 is 1.35 bits per heavy atom.